The van der Waals surface area contributed by atoms with Crippen molar-refractivity contribution in [3.63, 3.8) is 0 Å². The number of hydrogen-bond donors (Lipinski definition) is 2. The molecule has 2 rings (SSSR count). The van der Waals surface area contributed by atoms with E-state index in [4.69, 9.17) is 5.73 Å². The summed E-state index contributed by atoms with van der Waals surface area (Å²) < 4.78 is 14.3. The molecule has 0 aromatic heterocycles. The van der Waals surface area contributed by atoms with Gasteiger partial charge < -0.3 is 10.8 Å². The quantitative estimate of drug-likeness (QED) is 0.385. The Bertz CT molecular complexity index is 935. The van der Waals surface area contributed by atoms with Crippen LogP contribution in [0.15, 0.2) is 75.9 Å². The molecule has 6 nitrogen and oxygen atoms in total. The highest BCUT2D eigenvalue weighted by atomic mass is 19.1. The van der Waals surface area contributed by atoms with Gasteiger partial charge in [-0.05, 0) is 63.7 Å². The number of halogens is 1. The third-order valence-electron chi connectivity index (χ3n) is 5.12. The first-order valence-corrected chi connectivity index (χ1v) is 9.88. The van der Waals surface area contributed by atoms with E-state index >= 15 is 0 Å². The summed E-state index contributed by atoms with van der Waals surface area (Å²) in [4.78, 5) is 29.4. The summed E-state index contributed by atoms with van der Waals surface area (Å²) in [7, 11) is 0. The fraction of sp³-hybridized carbons (Fsp3) is 0.348. The van der Waals surface area contributed by atoms with Crippen LogP contribution >= 0.6 is 0 Å². The summed E-state index contributed by atoms with van der Waals surface area (Å²) in [6.45, 7) is 8.96. The molecule has 0 saturated carbocycles. The molecule has 1 aliphatic carbocycles. The number of rotatable bonds is 6. The largest absolute Gasteiger partial charge is 0.478 e. The van der Waals surface area contributed by atoms with Gasteiger partial charge in [-0.2, -0.15) is 0 Å². The first-order chi connectivity index (χ1) is 14.1. The minimum Gasteiger partial charge on any atom is -0.478 e. The maximum atomic E-state index is 14.3. The lowest BCUT2D eigenvalue weighted by Gasteiger charge is -2.27. The van der Waals surface area contributed by atoms with Crippen LogP contribution in [0.1, 0.15) is 46.5 Å². The van der Waals surface area contributed by atoms with Crippen molar-refractivity contribution in [2.75, 3.05) is 0 Å². The highest BCUT2D eigenvalue weighted by Gasteiger charge is 2.25. The number of carboxylic acid groups (broad SMARTS) is 1. The molecule has 7 heteroatoms. The second-order valence-electron chi connectivity index (χ2n) is 7.27. The minimum absolute atomic E-state index is 0.146. The molecule has 160 valence electrons. The van der Waals surface area contributed by atoms with E-state index < -0.39 is 23.7 Å². The molecule has 30 heavy (non-hydrogen) atoms. The van der Waals surface area contributed by atoms with Gasteiger partial charge in [0.25, 0.3) is 5.91 Å². The van der Waals surface area contributed by atoms with Gasteiger partial charge >= 0.3 is 5.97 Å². The van der Waals surface area contributed by atoms with Crippen molar-refractivity contribution in [2.24, 2.45) is 10.7 Å². The molecule has 0 aromatic rings. The summed E-state index contributed by atoms with van der Waals surface area (Å²) in [6, 6.07) is -0.701. The van der Waals surface area contributed by atoms with E-state index in [1.54, 1.807) is 6.92 Å². The van der Waals surface area contributed by atoms with Crippen LogP contribution in [0, 0.1) is 0 Å². The molecule has 0 aromatic carbocycles. The molecule has 0 fully saturated rings. The molecule has 1 aliphatic heterocycles. The van der Waals surface area contributed by atoms with E-state index in [9.17, 15) is 19.1 Å². The van der Waals surface area contributed by atoms with Gasteiger partial charge in [0, 0.05) is 23.5 Å². The van der Waals surface area contributed by atoms with E-state index in [-0.39, 0.29) is 17.1 Å². The maximum Gasteiger partial charge on any atom is 0.339 e. The monoisotopic (exact) mass is 413 g/mol. The van der Waals surface area contributed by atoms with Crippen molar-refractivity contribution in [1.29, 1.82) is 0 Å². The van der Waals surface area contributed by atoms with Gasteiger partial charge in [-0.15, -0.1) is 0 Å². The Balaban J connectivity index is 2.26. The fourth-order valence-corrected chi connectivity index (χ4v) is 3.44. The second kappa shape index (κ2) is 10.0. The molecule has 1 atom stereocenters. The molecule has 0 spiro atoms. The lowest BCUT2D eigenvalue weighted by atomic mass is 9.94. The van der Waals surface area contributed by atoms with Crippen LogP contribution in [0.4, 0.5) is 4.39 Å². The average Bonchev–Trinajstić information content (AvgIpc) is 2.70. The summed E-state index contributed by atoms with van der Waals surface area (Å²) in [5.74, 6) is -2.42. The second-order valence-corrected chi connectivity index (χ2v) is 7.27. The van der Waals surface area contributed by atoms with E-state index in [0.29, 0.717) is 5.57 Å². The van der Waals surface area contributed by atoms with Crippen LogP contribution in [0.3, 0.4) is 0 Å². The van der Waals surface area contributed by atoms with Crippen molar-refractivity contribution in [1.82, 2.24) is 4.90 Å². The maximum absolute atomic E-state index is 14.3. The predicted molar refractivity (Wildman–Crippen MR) is 116 cm³/mol. The third kappa shape index (κ3) is 5.43. The van der Waals surface area contributed by atoms with Crippen molar-refractivity contribution in [3.8, 4) is 0 Å². The van der Waals surface area contributed by atoms with Crippen molar-refractivity contribution in [2.45, 2.75) is 52.5 Å². The minimum atomic E-state index is -1.21. The Morgan fingerprint density at radius 2 is 2.10 bits per heavy atom. The molecule has 2 aliphatic rings. The molecule has 0 radical (unpaired) electrons. The zero-order chi connectivity index (χ0) is 22.4. The van der Waals surface area contributed by atoms with Crippen LogP contribution in [-0.2, 0) is 9.59 Å². The smallest absolute Gasteiger partial charge is 0.339 e. The van der Waals surface area contributed by atoms with Crippen molar-refractivity contribution >= 4 is 17.7 Å². The number of carbonyl (C=O) groups excluding carboxylic acids is 1. The summed E-state index contributed by atoms with van der Waals surface area (Å²) >= 11 is 0. The summed E-state index contributed by atoms with van der Waals surface area (Å²) in [5.41, 5.74) is 8.25. The molecule has 1 amide bonds. The molecule has 1 unspecified atom stereocenters. The van der Waals surface area contributed by atoms with Gasteiger partial charge in [-0.1, -0.05) is 18.7 Å². The first-order valence-electron chi connectivity index (χ1n) is 9.88. The van der Waals surface area contributed by atoms with E-state index in [2.05, 4.69) is 17.6 Å². The van der Waals surface area contributed by atoms with Crippen LogP contribution < -0.4 is 5.73 Å². The van der Waals surface area contributed by atoms with Gasteiger partial charge in [0.05, 0.1) is 11.6 Å². The molecule has 3 N–H and O–H groups in total. The van der Waals surface area contributed by atoms with Crippen LogP contribution in [0.25, 0.3) is 0 Å². The zero-order valence-corrected chi connectivity index (χ0v) is 17.6. The Hall–Kier alpha value is -3.22. The number of hydrogen-bond acceptors (Lipinski definition) is 3. The molecular weight excluding hydrogens is 385 g/mol. The Morgan fingerprint density at radius 3 is 2.67 bits per heavy atom. The number of carbonyl (C=O) groups is 2. The zero-order valence-electron chi connectivity index (χ0n) is 17.6. The molecule has 0 bridgehead atoms. The number of aliphatic carboxylic acids is 1. The highest BCUT2D eigenvalue weighted by Crippen LogP contribution is 2.29. The van der Waals surface area contributed by atoms with Gasteiger partial charge in [-0.25, -0.2) is 9.18 Å². The average molecular weight is 413 g/mol. The summed E-state index contributed by atoms with van der Waals surface area (Å²) in [5, 5.41) is 9.17. The fourth-order valence-electron chi connectivity index (χ4n) is 3.44. The lowest BCUT2D eigenvalue weighted by Crippen LogP contribution is -2.30. The number of amides is 1. The standard InChI is InChI=1S/C23H28FN3O3/c1-5-19(23(29)30)22(25)26-15(3)20-12-18(24)13-27(16(20)4)21(28)11-14(2)17-9-7-6-8-10-17/h5,9,11-13,15H,4,6-8,10H2,1-3H3,(H2,25,26)(H,29,30)/b14-11+,19-5+. The van der Waals surface area contributed by atoms with Crippen molar-refractivity contribution in [3.05, 3.63) is 70.9 Å². The Kier molecular flexibility index (Phi) is 7.69. The molecular formula is C23H28FN3O3. The van der Waals surface area contributed by atoms with E-state index in [1.165, 1.54) is 25.2 Å². The topological polar surface area (TPSA) is 96.0 Å². The normalized spacial score (nSPS) is 19.7. The van der Waals surface area contributed by atoms with Crippen LogP contribution in [0.2, 0.25) is 0 Å². The van der Waals surface area contributed by atoms with Crippen molar-refractivity contribution < 1.29 is 19.1 Å². The molecule has 0 saturated heterocycles. The van der Waals surface area contributed by atoms with Crippen LogP contribution in [-0.4, -0.2) is 33.8 Å². The third-order valence-corrected chi connectivity index (χ3v) is 5.12. The first kappa shape index (κ1) is 23.1. The highest BCUT2D eigenvalue weighted by molar-refractivity contribution is 6.17. The predicted octanol–water partition coefficient (Wildman–Crippen LogP) is 4.30. The van der Waals surface area contributed by atoms with Gasteiger partial charge in [0.2, 0.25) is 0 Å². The Morgan fingerprint density at radius 1 is 1.40 bits per heavy atom. The number of nitrogens with zero attached hydrogens (tertiary/aromatic N) is 2. The lowest BCUT2D eigenvalue weighted by molar-refractivity contribution is -0.132. The van der Waals surface area contributed by atoms with Gasteiger partial charge in [-0.3, -0.25) is 14.7 Å². The number of carboxylic acids is 1. The van der Waals surface area contributed by atoms with Gasteiger partial charge in [0.15, 0.2) is 0 Å². The van der Waals surface area contributed by atoms with Crippen LogP contribution in [0.5, 0.6) is 0 Å². The van der Waals surface area contributed by atoms with E-state index in [1.807, 2.05) is 6.92 Å². The SMILES string of the molecule is C=C1C(C(C)N=C(N)/C(=C\C)C(=O)O)=CC(F)=CN1C(=O)/C=C(\C)C1=CCCCC1. The molecule has 1 heterocycles. The van der Waals surface area contributed by atoms with E-state index in [0.717, 1.165) is 47.9 Å². The number of aliphatic imine (C=N–C) groups is 1. The number of nitrogens with two attached hydrogens (primary N) is 1. The Labute approximate surface area is 176 Å². The van der Waals surface area contributed by atoms with Gasteiger partial charge in [0.1, 0.15) is 11.7 Å². The number of amidine groups is 1. The number of allylic oxidation sites excluding steroid dienone is 6. The summed E-state index contributed by atoms with van der Waals surface area (Å²) in [6.07, 6.45) is 11.4.